The summed E-state index contributed by atoms with van der Waals surface area (Å²) >= 11 is 0. The van der Waals surface area contributed by atoms with E-state index in [2.05, 4.69) is 33.0 Å². The minimum Gasteiger partial charge on any atom is -0.380 e. The summed E-state index contributed by atoms with van der Waals surface area (Å²) in [4.78, 5) is 0. The van der Waals surface area contributed by atoms with Crippen LogP contribution in [0.15, 0.2) is 0 Å². The Morgan fingerprint density at radius 2 is 1.45 bits per heavy atom. The van der Waals surface area contributed by atoms with Crippen molar-refractivity contribution < 1.29 is 4.74 Å². The molecule has 0 aliphatic rings. The van der Waals surface area contributed by atoms with Crippen molar-refractivity contribution in [2.45, 2.75) is 97.6 Å². The fraction of sp³-hybridized carbons (Fsp3) is 1.00. The van der Waals surface area contributed by atoms with E-state index in [0.29, 0.717) is 18.1 Å². The molecule has 0 bridgehead atoms. The third-order valence-corrected chi connectivity index (χ3v) is 4.10. The Morgan fingerprint density at radius 3 is 1.95 bits per heavy atom. The maximum Gasteiger partial charge on any atom is 0.0747 e. The molecule has 20 heavy (non-hydrogen) atoms. The van der Waals surface area contributed by atoms with Crippen LogP contribution in [0.4, 0.5) is 0 Å². The molecule has 0 amide bonds. The Balaban J connectivity index is 3.91. The summed E-state index contributed by atoms with van der Waals surface area (Å²) in [5, 5.41) is 3.69. The minimum atomic E-state index is 0.349. The van der Waals surface area contributed by atoms with Crippen molar-refractivity contribution in [2.24, 2.45) is 5.92 Å². The van der Waals surface area contributed by atoms with Crippen molar-refractivity contribution in [3.8, 4) is 0 Å². The molecule has 2 unspecified atom stereocenters. The molecule has 0 aliphatic heterocycles. The van der Waals surface area contributed by atoms with Crippen molar-refractivity contribution in [1.82, 2.24) is 5.32 Å². The molecule has 0 rings (SSSR count). The molecule has 0 aromatic carbocycles. The van der Waals surface area contributed by atoms with Gasteiger partial charge in [0.2, 0.25) is 0 Å². The van der Waals surface area contributed by atoms with Gasteiger partial charge in [0.15, 0.2) is 0 Å². The monoisotopic (exact) mass is 285 g/mol. The molecule has 0 aliphatic carbocycles. The Labute approximate surface area is 128 Å². The summed E-state index contributed by atoms with van der Waals surface area (Å²) in [7, 11) is 1.86. The maximum atomic E-state index is 5.72. The van der Waals surface area contributed by atoms with E-state index in [1.165, 1.54) is 57.8 Å². The third-order valence-electron chi connectivity index (χ3n) is 4.10. The van der Waals surface area contributed by atoms with E-state index in [1.807, 2.05) is 7.11 Å². The summed E-state index contributed by atoms with van der Waals surface area (Å²) in [5.74, 6) is 0.582. The minimum absolute atomic E-state index is 0.349. The largest absolute Gasteiger partial charge is 0.380 e. The Kier molecular flexibility index (Phi) is 13.8. The van der Waals surface area contributed by atoms with Gasteiger partial charge in [-0.2, -0.15) is 0 Å². The molecule has 0 aromatic heterocycles. The zero-order valence-electron chi connectivity index (χ0n) is 14.7. The van der Waals surface area contributed by atoms with Crippen LogP contribution < -0.4 is 5.32 Å². The molecule has 0 saturated heterocycles. The molecular weight excluding hydrogens is 246 g/mol. The summed E-state index contributed by atoms with van der Waals surface area (Å²) in [6, 6.07) is 0.524. The highest BCUT2D eigenvalue weighted by Gasteiger charge is 2.23. The summed E-state index contributed by atoms with van der Waals surface area (Å²) in [6.45, 7) is 10.1. The molecule has 2 nitrogen and oxygen atoms in total. The first-order chi connectivity index (χ1) is 9.67. The number of hydrogen-bond donors (Lipinski definition) is 1. The molecule has 0 radical (unpaired) electrons. The summed E-state index contributed by atoms with van der Waals surface area (Å²) < 4.78 is 5.72. The van der Waals surface area contributed by atoms with Gasteiger partial charge in [0.05, 0.1) is 6.10 Å². The first-order valence-corrected chi connectivity index (χ1v) is 8.93. The summed E-state index contributed by atoms with van der Waals surface area (Å²) in [6.07, 6.45) is 12.5. The highest BCUT2D eigenvalue weighted by molar-refractivity contribution is 4.79. The molecule has 1 N–H and O–H groups in total. The lowest BCUT2D eigenvalue weighted by atomic mass is 9.94. The van der Waals surface area contributed by atoms with Crippen LogP contribution in [-0.4, -0.2) is 25.8 Å². The smallest absolute Gasteiger partial charge is 0.0747 e. The van der Waals surface area contributed by atoms with Crippen molar-refractivity contribution in [3.05, 3.63) is 0 Å². The van der Waals surface area contributed by atoms with E-state index >= 15 is 0 Å². The predicted octanol–water partition coefficient (Wildman–Crippen LogP) is 5.17. The quantitative estimate of drug-likeness (QED) is 0.445. The first-order valence-electron chi connectivity index (χ1n) is 8.93. The van der Waals surface area contributed by atoms with E-state index in [1.54, 1.807) is 0 Å². The van der Waals surface area contributed by atoms with E-state index in [-0.39, 0.29) is 0 Å². The second-order valence-corrected chi connectivity index (χ2v) is 6.41. The number of unbranched alkanes of at least 4 members (excludes halogenated alkanes) is 6. The Bertz CT molecular complexity index is 194. The average molecular weight is 286 g/mol. The van der Waals surface area contributed by atoms with Crippen LogP contribution in [0, 0.1) is 5.92 Å². The average Bonchev–Trinajstić information content (AvgIpc) is 2.43. The van der Waals surface area contributed by atoms with Crippen LogP contribution in [0.5, 0.6) is 0 Å². The molecule has 2 heteroatoms. The second-order valence-electron chi connectivity index (χ2n) is 6.41. The van der Waals surface area contributed by atoms with Crippen molar-refractivity contribution in [1.29, 1.82) is 0 Å². The van der Waals surface area contributed by atoms with E-state index in [9.17, 15) is 0 Å². The zero-order valence-corrected chi connectivity index (χ0v) is 14.7. The van der Waals surface area contributed by atoms with Gasteiger partial charge in [-0.05, 0) is 25.3 Å². The van der Waals surface area contributed by atoms with Gasteiger partial charge in [0.25, 0.3) is 0 Å². The van der Waals surface area contributed by atoms with E-state index in [0.717, 1.165) is 6.54 Å². The third kappa shape index (κ3) is 9.77. The van der Waals surface area contributed by atoms with Crippen LogP contribution in [0.3, 0.4) is 0 Å². The summed E-state index contributed by atoms with van der Waals surface area (Å²) in [5.41, 5.74) is 0. The Morgan fingerprint density at radius 1 is 0.850 bits per heavy atom. The number of nitrogens with one attached hydrogen (secondary N) is 1. The highest BCUT2D eigenvalue weighted by Crippen LogP contribution is 2.17. The molecular formula is C18H39NO. The molecule has 0 heterocycles. The van der Waals surface area contributed by atoms with Crippen molar-refractivity contribution in [2.75, 3.05) is 13.7 Å². The second kappa shape index (κ2) is 13.9. The molecule has 122 valence electrons. The molecule has 0 fully saturated rings. The predicted molar refractivity (Wildman–Crippen MR) is 90.3 cm³/mol. The Hall–Kier alpha value is -0.0800. The fourth-order valence-electron chi connectivity index (χ4n) is 2.93. The van der Waals surface area contributed by atoms with Gasteiger partial charge < -0.3 is 10.1 Å². The van der Waals surface area contributed by atoms with Gasteiger partial charge in [-0.25, -0.2) is 0 Å². The lowest BCUT2D eigenvalue weighted by Gasteiger charge is -2.30. The van der Waals surface area contributed by atoms with Crippen LogP contribution >= 0.6 is 0 Å². The topological polar surface area (TPSA) is 21.3 Å². The standard InChI is InChI=1S/C18H39NO/c1-6-8-9-10-11-12-13-14-17(19-15-7-2)18(20-5)16(3)4/h16-19H,6-15H2,1-5H3. The van der Waals surface area contributed by atoms with E-state index in [4.69, 9.17) is 4.74 Å². The highest BCUT2D eigenvalue weighted by atomic mass is 16.5. The van der Waals surface area contributed by atoms with Gasteiger partial charge in [-0.15, -0.1) is 0 Å². The molecule has 0 aromatic rings. The van der Waals surface area contributed by atoms with Crippen LogP contribution in [0.2, 0.25) is 0 Å². The maximum absolute atomic E-state index is 5.72. The number of hydrogen-bond acceptors (Lipinski definition) is 2. The fourth-order valence-corrected chi connectivity index (χ4v) is 2.93. The first kappa shape index (κ1) is 19.9. The van der Waals surface area contributed by atoms with Crippen LogP contribution in [0.25, 0.3) is 0 Å². The zero-order chi connectivity index (χ0) is 15.2. The molecule has 0 saturated carbocycles. The van der Waals surface area contributed by atoms with Gasteiger partial charge in [0, 0.05) is 13.2 Å². The molecule has 0 spiro atoms. The SMILES string of the molecule is CCCCCCCCCC(NCCC)C(OC)C(C)C. The van der Waals surface area contributed by atoms with Gasteiger partial charge >= 0.3 is 0 Å². The lowest BCUT2D eigenvalue weighted by molar-refractivity contribution is 0.0300. The number of ether oxygens (including phenoxy) is 1. The molecule has 2 atom stereocenters. The normalized spacial score (nSPS) is 14.7. The van der Waals surface area contributed by atoms with Crippen LogP contribution in [-0.2, 0) is 4.74 Å². The number of rotatable bonds is 14. The van der Waals surface area contributed by atoms with E-state index < -0.39 is 0 Å². The lowest BCUT2D eigenvalue weighted by Crippen LogP contribution is -2.44. The van der Waals surface area contributed by atoms with Gasteiger partial charge in [-0.3, -0.25) is 0 Å². The van der Waals surface area contributed by atoms with Crippen LogP contribution in [0.1, 0.15) is 85.5 Å². The van der Waals surface area contributed by atoms with Gasteiger partial charge in [0.1, 0.15) is 0 Å². The van der Waals surface area contributed by atoms with Crippen molar-refractivity contribution >= 4 is 0 Å². The van der Waals surface area contributed by atoms with Gasteiger partial charge in [-0.1, -0.05) is 72.6 Å². The van der Waals surface area contributed by atoms with Crippen molar-refractivity contribution in [3.63, 3.8) is 0 Å². The number of methoxy groups -OCH3 is 1.